The first-order valence-electron chi connectivity index (χ1n) is 23.3. The number of carbonyl (C=O) groups is 9. The number of nitrogens with one attached hydrogen (secondary N) is 8. The first-order valence-corrected chi connectivity index (χ1v) is 23.3. The average molecular weight is 1040 g/mol. The minimum Gasteiger partial charge on any atom is -0.508 e. The Bertz CT molecular complexity index is 2210. The van der Waals surface area contributed by atoms with Gasteiger partial charge in [0.25, 0.3) is 0 Å². The lowest BCUT2D eigenvalue weighted by Gasteiger charge is -2.32. The van der Waals surface area contributed by atoms with E-state index >= 15 is 0 Å². The fraction of sp³-hybridized carbons (Fsp3) is 0.578. The summed E-state index contributed by atoms with van der Waals surface area (Å²) in [4.78, 5) is 129. The second kappa shape index (κ2) is 29.7. The van der Waals surface area contributed by atoms with Crippen LogP contribution >= 0.6 is 0 Å². The van der Waals surface area contributed by atoms with E-state index in [1.165, 1.54) is 36.5 Å². The molecular weight excluding hydrogens is 972 g/mol. The smallest absolute Gasteiger partial charge is 0.490 e. The molecule has 73 heavy (non-hydrogen) atoms. The zero-order valence-electron chi connectivity index (χ0n) is 41.4. The van der Waals surface area contributed by atoms with Gasteiger partial charge in [-0.15, -0.1) is 0 Å². The molecule has 1 aliphatic heterocycles. The van der Waals surface area contributed by atoms with E-state index in [1.54, 1.807) is 46.9 Å². The van der Waals surface area contributed by atoms with E-state index in [0.717, 1.165) is 0 Å². The number of aromatic amines is 1. The van der Waals surface area contributed by atoms with Crippen molar-refractivity contribution < 1.29 is 71.6 Å². The number of nitrogens with two attached hydrogens (primary N) is 2. The highest BCUT2D eigenvalue weighted by Crippen LogP contribution is 2.21. The molecule has 7 amide bonds. The second-order valence-corrected chi connectivity index (χ2v) is 17.5. The van der Waals surface area contributed by atoms with Crippen LogP contribution in [0.1, 0.15) is 78.0 Å². The standard InChI is InChI=1S/C43H67N13O10.C2HF3O2/c1-7-24(4)35(40(63)53-31(19-27-20-47-22-49-27)41(64)56-17-9-11-32(56)38(61)50-25(5)42(65)66)55-37(60)30(18-26-12-14-28(57)15-13-26)52-39(62)34(23(2)3)54-36(59)29(51-33(58)21-46-6)10-8-16-48-43(44)45;3-2(4,5)1(6)7/h12-15,20,22-25,29-32,34-35,46,57H,7-11,16-19,21H2,1-6H3,(H,47,49)(H,50,61)(H,51,58)(H,52,62)(H,53,63)(H,54,59)(H,55,60)(H,65,66)(H4,44,45,48);(H,6,7)/t24-,25+,29-,30-,31-,32-,34-,35-;/m0./s1. The van der Waals surface area contributed by atoms with Crippen LogP contribution in [0.4, 0.5) is 13.2 Å². The summed E-state index contributed by atoms with van der Waals surface area (Å²) in [6.45, 7) is 8.47. The van der Waals surface area contributed by atoms with Crippen LogP contribution in [0.25, 0.3) is 0 Å². The van der Waals surface area contributed by atoms with Gasteiger partial charge in [-0.25, -0.2) is 9.78 Å². The number of hydrogen-bond donors (Lipinski definition) is 13. The molecule has 3 rings (SSSR count). The Morgan fingerprint density at radius 3 is 1.96 bits per heavy atom. The largest absolute Gasteiger partial charge is 0.508 e. The maximum absolute atomic E-state index is 14.4. The Hall–Kier alpha value is -7.52. The van der Waals surface area contributed by atoms with Crippen molar-refractivity contribution in [1.29, 1.82) is 0 Å². The summed E-state index contributed by atoms with van der Waals surface area (Å²) in [5.74, 6) is -9.86. The number of alkyl halides is 3. The van der Waals surface area contributed by atoms with E-state index in [0.29, 0.717) is 30.5 Å². The molecule has 0 saturated carbocycles. The number of aromatic hydroxyl groups is 1. The predicted molar refractivity (Wildman–Crippen MR) is 256 cm³/mol. The van der Waals surface area contributed by atoms with Gasteiger partial charge in [-0.2, -0.15) is 13.2 Å². The number of nitrogens with zero attached hydrogens (tertiary/aromatic N) is 3. The van der Waals surface area contributed by atoms with Crippen LogP contribution in [0.5, 0.6) is 5.75 Å². The number of imidazole rings is 1. The molecule has 1 saturated heterocycles. The molecular formula is C45H68F3N13O12. The number of rotatable bonds is 26. The number of phenolic OH excluding ortho intramolecular Hbond substituents is 1. The number of carboxylic acids is 2. The van der Waals surface area contributed by atoms with Gasteiger partial charge in [0.1, 0.15) is 48.0 Å². The van der Waals surface area contributed by atoms with Crippen LogP contribution in [0.3, 0.4) is 0 Å². The number of carbonyl (C=O) groups excluding carboxylic acids is 7. The van der Waals surface area contributed by atoms with Crippen LogP contribution < -0.4 is 48.7 Å². The number of likely N-dealkylation sites (N-methyl/N-ethyl adjacent to an activating group) is 1. The minimum atomic E-state index is -5.08. The Morgan fingerprint density at radius 1 is 0.836 bits per heavy atom. The molecule has 406 valence electrons. The normalized spacial score (nSPS) is 16.1. The number of carboxylic acid groups (broad SMARTS) is 2. The van der Waals surface area contributed by atoms with Crippen LogP contribution in [-0.2, 0) is 56.0 Å². The number of guanidine groups is 1. The van der Waals surface area contributed by atoms with Gasteiger partial charge in [0.2, 0.25) is 41.4 Å². The van der Waals surface area contributed by atoms with Gasteiger partial charge in [0.15, 0.2) is 5.96 Å². The van der Waals surface area contributed by atoms with Crippen LogP contribution in [0.2, 0.25) is 0 Å². The van der Waals surface area contributed by atoms with E-state index in [9.17, 15) is 61.7 Å². The summed E-state index contributed by atoms with van der Waals surface area (Å²) in [7, 11) is 1.57. The maximum atomic E-state index is 14.4. The third-order valence-electron chi connectivity index (χ3n) is 11.4. The van der Waals surface area contributed by atoms with Crippen LogP contribution in [0.15, 0.2) is 41.8 Å². The molecule has 2 aromatic rings. The fourth-order valence-corrected chi connectivity index (χ4v) is 7.21. The number of H-pyrrole nitrogens is 1. The van der Waals surface area contributed by atoms with E-state index in [4.69, 9.17) is 21.4 Å². The maximum Gasteiger partial charge on any atom is 0.490 e. The Morgan fingerprint density at radius 2 is 1.42 bits per heavy atom. The molecule has 0 unspecified atom stereocenters. The molecule has 15 N–H and O–H groups in total. The second-order valence-electron chi connectivity index (χ2n) is 17.5. The summed E-state index contributed by atoms with van der Waals surface area (Å²) in [5.41, 5.74) is 11.9. The summed E-state index contributed by atoms with van der Waals surface area (Å²) < 4.78 is 31.7. The molecule has 25 nitrogen and oxygen atoms in total. The molecule has 2 heterocycles. The van der Waals surface area contributed by atoms with Crippen molar-refractivity contribution in [1.82, 2.24) is 52.1 Å². The highest BCUT2D eigenvalue weighted by atomic mass is 19.4. The summed E-state index contributed by atoms with van der Waals surface area (Å²) in [6, 6.07) is -2.40. The zero-order chi connectivity index (χ0) is 55.2. The van der Waals surface area contributed by atoms with E-state index in [1.807, 2.05) is 0 Å². The number of halogens is 3. The van der Waals surface area contributed by atoms with Gasteiger partial charge in [-0.05, 0) is 69.2 Å². The number of aromatic nitrogens is 2. The van der Waals surface area contributed by atoms with Crippen LogP contribution in [-0.4, -0.2) is 165 Å². The molecule has 0 aliphatic carbocycles. The highest BCUT2D eigenvalue weighted by molar-refractivity contribution is 5.98. The van der Waals surface area contributed by atoms with Crippen molar-refractivity contribution in [2.45, 2.75) is 128 Å². The van der Waals surface area contributed by atoms with E-state index in [2.05, 4.69) is 52.2 Å². The highest BCUT2D eigenvalue weighted by Gasteiger charge is 2.41. The van der Waals surface area contributed by atoms with E-state index in [-0.39, 0.29) is 57.0 Å². The van der Waals surface area contributed by atoms with Gasteiger partial charge in [0, 0.05) is 37.8 Å². The van der Waals surface area contributed by atoms with Gasteiger partial charge in [0.05, 0.1) is 12.9 Å². The van der Waals surface area contributed by atoms with E-state index < -0.39 is 114 Å². The van der Waals surface area contributed by atoms with Crippen LogP contribution in [0, 0.1) is 11.8 Å². The zero-order valence-corrected chi connectivity index (χ0v) is 41.4. The SMILES string of the molecule is CC[C@H](C)[C@H](NC(=O)[C@H](Cc1ccc(O)cc1)NC(=O)[C@@H](NC(=O)[C@H](CCCN=C(N)N)NC(=O)CNC)C(C)C)C(=O)N[C@@H](Cc1cnc[nH]1)C(=O)N1CCC[C@H]1C(=O)N[C@H](C)C(=O)O.O=C(O)C(F)(F)F. The fourth-order valence-electron chi connectivity index (χ4n) is 7.21. The molecule has 0 bridgehead atoms. The van der Waals surface area contributed by atoms with Gasteiger partial charge in [-0.1, -0.05) is 46.2 Å². The number of likely N-dealkylation sites (tertiary alicyclic amines) is 1. The lowest BCUT2D eigenvalue weighted by molar-refractivity contribution is -0.192. The average Bonchev–Trinajstić information content (AvgIpc) is 4.03. The number of benzene rings is 1. The Balaban J connectivity index is 0.00000242. The Labute approximate surface area is 419 Å². The summed E-state index contributed by atoms with van der Waals surface area (Å²) in [6.07, 6.45) is -0.838. The number of phenols is 1. The van der Waals surface area contributed by atoms with Crippen molar-refractivity contribution >= 4 is 59.2 Å². The molecule has 1 aromatic carbocycles. The summed E-state index contributed by atoms with van der Waals surface area (Å²) >= 11 is 0. The Kier molecular flexibility index (Phi) is 25.1. The lowest BCUT2D eigenvalue weighted by atomic mass is 9.96. The van der Waals surface area contributed by atoms with Crippen molar-refractivity contribution in [3.05, 3.63) is 48.0 Å². The number of aliphatic imine (C=N–C) groups is 1. The quantitative estimate of drug-likeness (QED) is 0.0290. The third kappa shape index (κ3) is 21.0. The van der Waals surface area contributed by atoms with Crippen molar-refractivity contribution in [3.8, 4) is 5.75 Å². The molecule has 1 aliphatic rings. The van der Waals surface area contributed by atoms with Gasteiger partial charge in [-0.3, -0.25) is 43.3 Å². The lowest BCUT2D eigenvalue weighted by Crippen LogP contribution is -2.62. The van der Waals surface area contributed by atoms with Crippen molar-refractivity contribution in [3.63, 3.8) is 0 Å². The summed E-state index contributed by atoms with van der Waals surface area (Å²) in [5, 5.41) is 45.2. The first-order chi connectivity index (χ1) is 34.2. The topological polar surface area (TPSA) is 395 Å². The molecule has 0 spiro atoms. The van der Waals surface area contributed by atoms with Gasteiger partial charge < -0.3 is 73.9 Å². The van der Waals surface area contributed by atoms with Crippen molar-refractivity contribution in [2.24, 2.45) is 28.3 Å². The molecule has 8 atom stereocenters. The number of amides is 7. The monoisotopic (exact) mass is 1040 g/mol. The molecule has 1 aromatic heterocycles. The molecule has 28 heteroatoms. The molecule has 0 radical (unpaired) electrons. The minimum absolute atomic E-state index is 0.0375. The number of hydrogen-bond acceptors (Lipinski definition) is 13. The van der Waals surface area contributed by atoms with Crippen molar-refractivity contribution in [2.75, 3.05) is 26.7 Å². The number of aliphatic carboxylic acids is 2. The third-order valence-corrected chi connectivity index (χ3v) is 11.4. The van der Waals surface area contributed by atoms with Gasteiger partial charge >= 0.3 is 18.1 Å². The predicted octanol–water partition coefficient (Wildman–Crippen LogP) is -1.49. The molecule has 1 fully saturated rings. The first kappa shape index (κ1) is 61.6.